The van der Waals surface area contributed by atoms with Crippen molar-refractivity contribution in [3.8, 4) is 0 Å². The number of esters is 1. The van der Waals surface area contributed by atoms with Gasteiger partial charge in [0.2, 0.25) is 5.91 Å². The van der Waals surface area contributed by atoms with E-state index in [1.807, 2.05) is 24.3 Å². The number of H-pyrrole nitrogens is 1. The Morgan fingerprint density at radius 3 is 2.70 bits per heavy atom. The summed E-state index contributed by atoms with van der Waals surface area (Å²) in [6, 6.07) is 8.05. The zero-order valence-corrected chi connectivity index (χ0v) is 12.5. The zero-order valence-electron chi connectivity index (χ0n) is 12.5. The largest absolute Gasteiger partial charge is 0.467 e. The summed E-state index contributed by atoms with van der Waals surface area (Å²) in [4.78, 5) is 38.0. The quantitative estimate of drug-likeness (QED) is 0.355. The van der Waals surface area contributed by atoms with Gasteiger partial charge >= 0.3 is 5.97 Å². The molecule has 4 N–H and O–H groups in total. The second-order valence-electron chi connectivity index (χ2n) is 4.89. The maximum Gasteiger partial charge on any atom is 0.328 e. The fraction of sp³-hybridized carbons (Fsp3) is 0.267. The van der Waals surface area contributed by atoms with Crippen LogP contribution in [0.5, 0.6) is 0 Å². The summed E-state index contributed by atoms with van der Waals surface area (Å²) in [6.07, 6.45) is -0.131. The van der Waals surface area contributed by atoms with E-state index in [0.29, 0.717) is 5.69 Å². The Balaban J connectivity index is 2.09. The van der Waals surface area contributed by atoms with Gasteiger partial charge in [0, 0.05) is 17.3 Å². The molecule has 8 nitrogen and oxygen atoms in total. The minimum absolute atomic E-state index is 0.00500. The van der Waals surface area contributed by atoms with Crippen molar-refractivity contribution in [3.05, 3.63) is 36.0 Å². The Morgan fingerprint density at radius 1 is 1.30 bits per heavy atom. The van der Waals surface area contributed by atoms with Crippen molar-refractivity contribution in [3.63, 3.8) is 0 Å². The van der Waals surface area contributed by atoms with E-state index >= 15 is 0 Å². The van der Waals surface area contributed by atoms with Crippen LogP contribution in [0.25, 0.3) is 10.9 Å². The molecule has 0 saturated heterocycles. The lowest BCUT2D eigenvalue weighted by atomic mass is 10.1. The number of para-hydroxylation sites is 1. The number of aromatic amines is 1. The van der Waals surface area contributed by atoms with Crippen molar-refractivity contribution in [1.82, 2.24) is 15.8 Å². The third-order valence-corrected chi connectivity index (χ3v) is 3.35. The molecule has 0 unspecified atom stereocenters. The lowest BCUT2D eigenvalue weighted by molar-refractivity contribution is -0.143. The molecule has 0 fully saturated rings. The Hall–Kier alpha value is -2.87. The van der Waals surface area contributed by atoms with E-state index in [9.17, 15) is 14.4 Å². The average Bonchev–Trinajstić information content (AvgIpc) is 3.01. The van der Waals surface area contributed by atoms with Gasteiger partial charge in [-0.15, -0.1) is 0 Å². The maximum atomic E-state index is 12.3. The molecule has 0 bridgehead atoms. The summed E-state index contributed by atoms with van der Waals surface area (Å²) in [5.74, 6) is -1.81. The Bertz CT molecular complexity index is 692. The molecule has 1 atom stereocenters. The van der Waals surface area contributed by atoms with Gasteiger partial charge in [-0.2, -0.15) is 0 Å². The summed E-state index contributed by atoms with van der Waals surface area (Å²) in [5.41, 5.74) is 2.57. The molecule has 1 aromatic heterocycles. The number of aromatic nitrogens is 1. The van der Waals surface area contributed by atoms with E-state index in [0.717, 1.165) is 10.9 Å². The van der Waals surface area contributed by atoms with E-state index in [-0.39, 0.29) is 12.8 Å². The van der Waals surface area contributed by atoms with E-state index in [1.54, 1.807) is 6.07 Å². The molecule has 23 heavy (non-hydrogen) atoms. The minimum atomic E-state index is -0.990. The van der Waals surface area contributed by atoms with Gasteiger partial charge in [0.25, 0.3) is 5.91 Å². The molecule has 0 spiro atoms. The fourth-order valence-electron chi connectivity index (χ4n) is 2.15. The van der Waals surface area contributed by atoms with Crippen LogP contribution in [0.2, 0.25) is 0 Å². The lowest BCUT2D eigenvalue weighted by Gasteiger charge is -2.15. The first-order valence-corrected chi connectivity index (χ1v) is 6.94. The van der Waals surface area contributed by atoms with Crippen LogP contribution in [0.3, 0.4) is 0 Å². The molecule has 2 aromatic rings. The van der Waals surface area contributed by atoms with Crippen LogP contribution in [0.1, 0.15) is 23.3 Å². The molecular formula is C15H17N3O5. The van der Waals surface area contributed by atoms with Crippen LogP contribution in [-0.2, 0) is 14.3 Å². The SMILES string of the molecule is COC(=O)[C@H](CCC(=O)NO)NC(=O)c1cc2ccccc2[nH]1. The van der Waals surface area contributed by atoms with Crippen molar-refractivity contribution >= 4 is 28.7 Å². The number of hydrogen-bond donors (Lipinski definition) is 4. The van der Waals surface area contributed by atoms with Gasteiger partial charge < -0.3 is 15.0 Å². The number of fused-ring (bicyclic) bond motifs is 1. The first kappa shape index (κ1) is 16.5. The summed E-state index contributed by atoms with van der Waals surface area (Å²) in [6.45, 7) is 0. The number of hydroxylamine groups is 1. The molecule has 122 valence electrons. The molecule has 0 aliphatic carbocycles. The highest BCUT2D eigenvalue weighted by atomic mass is 16.5. The van der Waals surface area contributed by atoms with Crippen molar-refractivity contribution in [2.75, 3.05) is 7.11 Å². The van der Waals surface area contributed by atoms with Crippen molar-refractivity contribution < 1.29 is 24.3 Å². The molecular weight excluding hydrogens is 302 g/mol. The summed E-state index contributed by atoms with van der Waals surface area (Å²) < 4.78 is 4.62. The van der Waals surface area contributed by atoms with E-state index in [2.05, 4.69) is 15.0 Å². The minimum Gasteiger partial charge on any atom is -0.467 e. The van der Waals surface area contributed by atoms with Crippen LogP contribution in [0.4, 0.5) is 0 Å². The van der Waals surface area contributed by atoms with Gasteiger partial charge in [0.15, 0.2) is 0 Å². The molecule has 1 heterocycles. The van der Waals surface area contributed by atoms with Crippen LogP contribution >= 0.6 is 0 Å². The molecule has 8 heteroatoms. The standard InChI is InChI=1S/C15H17N3O5/c1-23-15(21)11(6-7-13(19)18-22)17-14(20)12-8-9-4-2-3-5-10(9)16-12/h2-5,8,11,16,22H,6-7H2,1H3,(H,17,20)(H,18,19)/t11-/m0/s1. The molecule has 0 radical (unpaired) electrons. The van der Waals surface area contributed by atoms with Gasteiger partial charge in [-0.25, -0.2) is 10.3 Å². The monoisotopic (exact) mass is 319 g/mol. The summed E-state index contributed by atoms with van der Waals surface area (Å²) >= 11 is 0. The number of carbonyl (C=O) groups is 3. The van der Waals surface area contributed by atoms with Gasteiger partial charge in [-0.05, 0) is 18.6 Å². The lowest BCUT2D eigenvalue weighted by Crippen LogP contribution is -2.42. The van der Waals surface area contributed by atoms with E-state index < -0.39 is 23.8 Å². The number of nitrogens with one attached hydrogen (secondary N) is 3. The van der Waals surface area contributed by atoms with E-state index in [1.165, 1.54) is 12.6 Å². The first-order valence-electron chi connectivity index (χ1n) is 6.94. The highest BCUT2D eigenvalue weighted by molar-refractivity contribution is 5.99. The van der Waals surface area contributed by atoms with Crippen LogP contribution in [-0.4, -0.2) is 41.1 Å². The summed E-state index contributed by atoms with van der Waals surface area (Å²) in [7, 11) is 1.19. The number of benzene rings is 1. The second-order valence-corrected chi connectivity index (χ2v) is 4.89. The number of methoxy groups -OCH3 is 1. The second kappa shape index (κ2) is 7.41. The first-order chi connectivity index (χ1) is 11.0. The third-order valence-electron chi connectivity index (χ3n) is 3.35. The smallest absolute Gasteiger partial charge is 0.328 e. The van der Waals surface area contributed by atoms with Gasteiger partial charge in [0.1, 0.15) is 11.7 Å². The molecule has 0 aliphatic rings. The Labute approximate surface area is 131 Å². The number of amides is 2. The van der Waals surface area contributed by atoms with Gasteiger partial charge in [-0.1, -0.05) is 18.2 Å². The normalized spacial score (nSPS) is 11.7. The number of hydrogen-bond acceptors (Lipinski definition) is 5. The van der Waals surface area contributed by atoms with Crippen molar-refractivity contribution in [1.29, 1.82) is 0 Å². The van der Waals surface area contributed by atoms with Gasteiger partial charge in [-0.3, -0.25) is 14.8 Å². The summed E-state index contributed by atoms with van der Waals surface area (Å²) in [5, 5.41) is 11.9. The average molecular weight is 319 g/mol. The predicted molar refractivity (Wildman–Crippen MR) is 80.7 cm³/mol. The third kappa shape index (κ3) is 4.07. The van der Waals surface area contributed by atoms with E-state index in [4.69, 9.17) is 5.21 Å². The van der Waals surface area contributed by atoms with Crippen molar-refractivity contribution in [2.24, 2.45) is 0 Å². The Morgan fingerprint density at radius 2 is 2.04 bits per heavy atom. The molecule has 1 aromatic carbocycles. The number of ether oxygens (including phenoxy) is 1. The number of carbonyl (C=O) groups excluding carboxylic acids is 3. The number of rotatable bonds is 6. The molecule has 0 aliphatic heterocycles. The predicted octanol–water partition coefficient (Wildman–Crippen LogP) is 0.725. The fourth-order valence-corrected chi connectivity index (χ4v) is 2.15. The van der Waals surface area contributed by atoms with Crippen LogP contribution in [0.15, 0.2) is 30.3 Å². The van der Waals surface area contributed by atoms with Crippen molar-refractivity contribution in [2.45, 2.75) is 18.9 Å². The Kier molecular flexibility index (Phi) is 5.32. The van der Waals surface area contributed by atoms with Crippen LogP contribution < -0.4 is 10.8 Å². The maximum absolute atomic E-state index is 12.3. The highest BCUT2D eigenvalue weighted by Gasteiger charge is 2.23. The van der Waals surface area contributed by atoms with Crippen LogP contribution in [0, 0.1) is 0 Å². The molecule has 2 amide bonds. The van der Waals surface area contributed by atoms with Gasteiger partial charge in [0.05, 0.1) is 7.11 Å². The highest BCUT2D eigenvalue weighted by Crippen LogP contribution is 2.14. The molecule has 0 saturated carbocycles. The zero-order chi connectivity index (χ0) is 16.8. The topological polar surface area (TPSA) is 121 Å². The molecule has 2 rings (SSSR count).